The van der Waals surface area contributed by atoms with Gasteiger partial charge in [0.1, 0.15) is 0 Å². The lowest BCUT2D eigenvalue weighted by Gasteiger charge is -2.14. The minimum Gasteiger partial charge on any atom is -0.252 e. The van der Waals surface area contributed by atoms with Crippen LogP contribution in [0, 0.1) is 0 Å². The van der Waals surface area contributed by atoms with Crippen molar-refractivity contribution in [1.29, 1.82) is 0 Å². The van der Waals surface area contributed by atoms with E-state index in [9.17, 15) is 0 Å². The largest absolute Gasteiger partial charge is 0.252 e. The van der Waals surface area contributed by atoms with Gasteiger partial charge in [0.25, 0.3) is 0 Å². The Morgan fingerprint density at radius 1 is 0.375 bits per heavy atom. The highest BCUT2D eigenvalue weighted by atomic mass is 14.8. The van der Waals surface area contributed by atoms with Crippen LogP contribution in [0.1, 0.15) is 206 Å². The number of rotatable bonds is 31. The Bertz CT molecular complexity index is 1080. The molecule has 270 valence electrons. The maximum absolute atomic E-state index is 5.40. The molecule has 0 spiro atoms. The first-order valence-corrected chi connectivity index (χ1v) is 21.0. The van der Waals surface area contributed by atoms with Crippen LogP contribution in [-0.4, -0.2) is 11.4 Å². The van der Waals surface area contributed by atoms with Crippen molar-refractivity contribution in [2.45, 2.75) is 207 Å². The molecule has 0 fully saturated rings. The first-order chi connectivity index (χ1) is 23.7. The van der Waals surface area contributed by atoms with Crippen molar-refractivity contribution in [2.24, 2.45) is 9.98 Å². The van der Waals surface area contributed by atoms with E-state index in [-0.39, 0.29) is 0 Å². The third-order valence-electron chi connectivity index (χ3n) is 9.94. The van der Waals surface area contributed by atoms with Gasteiger partial charge in [0, 0.05) is 0 Å². The molecule has 2 rings (SSSR count). The fraction of sp³-hybridized carbons (Fsp3) is 0.696. The smallest absolute Gasteiger partial charge is 0.0636 e. The molecule has 0 heterocycles. The minimum absolute atomic E-state index is 1.00. The lowest BCUT2D eigenvalue weighted by atomic mass is 9.97. The molecule has 2 nitrogen and oxygen atoms in total. The summed E-state index contributed by atoms with van der Waals surface area (Å²) in [5.41, 5.74) is 7.61. The summed E-state index contributed by atoms with van der Waals surface area (Å²) in [7, 11) is 0. The quantitative estimate of drug-likeness (QED) is 0.0570. The molecule has 0 aliphatic heterocycles. The van der Waals surface area contributed by atoms with Gasteiger partial charge in [0.2, 0.25) is 0 Å². The fourth-order valence-corrected chi connectivity index (χ4v) is 6.77. The summed E-state index contributed by atoms with van der Waals surface area (Å²) >= 11 is 0. The van der Waals surface area contributed by atoms with Gasteiger partial charge in [-0.15, -0.1) is 0 Å². The van der Waals surface area contributed by atoms with Crippen molar-refractivity contribution in [3.8, 4) is 0 Å². The van der Waals surface area contributed by atoms with Crippen LogP contribution in [0.15, 0.2) is 58.5 Å². The van der Waals surface area contributed by atoms with Gasteiger partial charge in [0.15, 0.2) is 0 Å². The Morgan fingerprint density at radius 3 is 1.29 bits per heavy atom. The number of aliphatic imine (C=N–C) groups is 2. The van der Waals surface area contributed by atoms with Crippen molar-refractivity contribution in [2.75, 3.05) is 0 Å². The van der Waals surface area contributed by atoms with E-state index in [4.69, 9.17) is 9.98 Å². The van der Waals surface area contributed by atoms with Crippen LogP contribution in [0.2, 0.25) is 0 Å². The van der Waals surface area contributed by atoms with Crippen LogP contribution >= 0.6 is 0 Å². The molecule has 0 aliphatic carbocycles. The standard InChI is InChI=1S/C46H76N2/c1-5-9-13-14-15-16-17-18-19-20-21-22-23-24-25-26-27-31-37-46(45(36-12-8-4)47-43-34-29-28-30-35-43)48-44-39-38-41(32-10-6-2)42(40-44)33-11-7-3/h28-30,34-35,38-40H,5-27,31-33,36-37H2,1-4H3. The zero-order valence-electron chi connectivity index (χ0n) is 32.3. The summed E-state index contributed by atoms with van der Waals surface area (Å²) in [5.74, 6) is 0. The van der Waals surface area contributed by atoms with Gasteiger partial charge in [-0.05, 0) is 86.8 Å². The van der Waals surface area contributed by atoms with E-state index in [1.54, 1.807) is 0 Å². The van der Waals surface area contributed by atoms with Crippen molar-refractivity contribution >= 4 is 22.8 Å². The number of aryl methyl sites for hydroxylation is 2. The molecular weight excluding hydrogens is 581 g/mol. The van der Waals surface area contributed by atoms with E-state index in [1.165, 1.54) is 177 Å². The first-order valence-electron chi connectivity index (χ1n) is 21.0. The molecule has 0 amide bonds. The van der Waals surface area contributed by atoms with Gasteiger partial charge in [-0.25, -0.2) is 0 Å². The second-order valence-electron chi connectivity index (χ2n) is 14.5. The number of hydrogen-bond donors (Lipinski definition) is 0. The molecule has 0 N–H and O–H groups in total. The maximum Gasteiger partial charge on any atom is 0.0636 e. The lowest BCUT2D eigenvalue weighted by Crippen LogP contribution is -2.14. The van der Waals surface area contributed by atoms with E-state index < -0.39 is 0 Å². The molecular formula is C46H76N2. The summed E-state index contributed by atoms with van der Waals surface area (Å²) in [6, 6.07) is 17.6. The monoisotopic (exact) mass is 657 g/mol. The molecule has 2 aromatic rings. The number of para-hydroxylation sites is 1. The Balaban J connectivity index is 1.89. The SMILES string of the molecule is CCCCCCCCCCCCCCCCCCCCC(=Nc1ccc(CCCC)c(CCCC)c1)C(CCCC)=Nc1ccccc1. The molecule has 0 aliphatic rings. The van der Waals surface area contributed by atoms with E-state index in [2.05, 4.69) is 76.2 Å². The van der Waals surface area contributed by atoms with E-state index in [0.717, 1.165) is 37.1 Å². The molecule has 0 saturated heterocycles. The van der Waals surface area contributed by atoms with E-state index in [0.29, 0.717) is 0 Å². The second-order valence-corrected chi connectivity index (χ2v) is 14.5. The van der Waals surface area contributed by atoms with Crippen LogP contribution in [0.25, 0.3) is 0 Å². The second kappa shape index (κ2) is 29.7. The van der Waals surface area contributed by atoms with Gasteiger partial charge < -0.3 is 0 Å². The average molecular weight is 657 g/mol. The molecule has 2 aromatic carbocycles. The first kappa shape index (κ1) is 41.9. The third kappa shape index (κ3) is 20.3. The fourth-order valence-electron chi connectivity index (χ4n) is 6.77. The van der Waals surface area contributed by atoms with Crippen LogP contribution in [0.3, 0.4) is 0 Å². The van der Waals surface area contributed by atoms with Crippen LogP contribution in [-0.2, 0) is 12.8 Å². The molecule has 0 saturated carbocycles. The molecule has 0 bridgehead atoms. The highest BCUT2D eigenvalue weighted by Gasteiger charge is 2.12. The maximum atomic E-state index is 5.40. The molecule has 48 heavy (non-hydrogen) atoms. The summed E-state index contributed by atoms with van der Waals surface area (Å²) in [5, 5.41) is 0. The summed E-state index contributed by atoms with van der Waals surface area (Å²) < 4.78 is 0. The van der Waals surface area contributed by atoms with E-state index in [1.807, 2.05) is 0 Å². The zero-order valence-corrected chi connectivity index (χ0v) is 32.3. The summed E-state index contributed by atoms with van der Waals surface area (Å²) in [6.07, 6.45) is 37.0. The van der Waals surface area contributed by atoms with Crippen LogP contribution < -0.4 is 0 Å². The molecule has 0 aromatic heterocycles. The highest BCUT2D eigenvalue weighted by molar-refractivity contribution is 6.43. The normalized spacial score (nSPS) is 12.2. The Labute approximate surface area is 299 Å². The Morgan fingerprint density at radius 2 is 0.792 bits per heavy atom. The van der Waals surface area contributed by atoms with Crippen LogP contribution in [0.4, 0.5) is 11.4 Å². The van der Waals surface area contributed by atoms with Gasteiger partial charge in [0.05, 0.1) is 22.8 Å². The van der Waals surface area contributed by atoms with Gasteiger partial charge >= 0.3 is 0 Å². The van der Waals surface area contributed by atoms with Crippen molar-refractivity contribution in [1.82, 2.24) is 0 Å². The zero-order chi connectivity index (χ0) is 34.3. The lowest BCUT2D eigenvalue weighted by molar-refractivity contribution is 0.526. The molecule has 2 heteroatoms. The van der Waals surface area contributed by atoms with Crippen LogP contribution in [0.5, 0.6) is 0 Å². The molecule has 0 radical (unpaired) electrons. The third-order valence-corrected chi connectivity index (χ3v) is 9.94. The summed E-state index contributed by atoms with van der Waals surface area (Å²) in [4.78, 5) is 10.6. The number of unbranched alkanes of at least 4 members (excludes halogenated alkanes) is 20. The predicted molar refractivity (Wildman–Crippen MR) is 217 cm³/mol. The highest BCUT2D eigenvalue weighted by Crippen LogP contribution is 2.25. The van der Waals surface area contributed by atoms with Crippen molar-refractivity contribution < 1.29 is 0 Å². The van der Waals surface area contributed by atoms with Crippen molar-refractivity contribution in [3.63, 3.8) is 0 Å². The van der Waals surface area contributed by atoms with Gasteiger partial charge in [-0.2, -0.15) is 0 Å². The minimum atomic E-state index is 1.00. The predicted octanol–water partition coefficient (Wildman–Crippen LogP) is 15.8. The topological polar surface area (TPSA) is 24.7 Å². The number of benzene rings is 2. The van der Waals surface area contributed by atoms with E-state index >= 15 is 0 Å². The number of nitrogens with zero attached hydrogens (tertiary/aromatic N) is 2. The molecule has 0 unspecified atom stereocenters. The Hall–Kier alpha value is -2.22. The van der Waals surface area contributed by atoms with Gasteiger partial charge in [-0.3, -0.25) is 9.98 Å². The van der Waals surface area contributed by atoms with Crippen molar-refractivity contribution in [3.05, 3.63) is 59.7 Å². The average Bonchev–Trinajstić information content (AvgIpc) is 3.11. The molecule has 0 atom stereocenters. The number of hydrogen-bond acceptors (Lipinski definition) is 2. The Kier molecular flexibility index (Phi) is 25.9. The van der Waals surface area contributed by atoms with Gasteiger partial charge in [-0.1, -0.05) is 180 Å². The summed E-state index contributed by atoms with van der Waals surface area (Å²) in [6.45, 7) is 9.17.